The number of nitrogens with zero attached hydrogens (tertiary/aromatic N) is 2. The minimum atomic E-state index is -1.01. The summed E-state index contributed by atoms with van der Waals surface area (Å²) in [5.41, 5.74) is 1.57. The summed E-state index contributed by atoms with van der Waals surface area (Å²) in [6, 6.07) is 18.3. The molecular weight excluding hydrogens is 532 g/mol. The molecule has 0 saturated carbocycles. The van der Waals surface area contributed by atoms with Gasteiger partial charge >= 0.3 is 0 Å². The van der Waals surface area contributed by atoms with Crippen LogP contribution in [0.2, 0.25) is 0 Å². The van der Waals surface area contributed by atoms with Gasteiger partial charge < -0.3 is 23.7 Å². The molecule has 9 nitrogen and oxygen atoms in total. The van der Waals surface area contributed by atoms with Gasteiger partial charge in [-0.1, -0.05) is 35.6 Å². The second-order valence-electron chi connectivity index (χ2n) is 8.99. The molecule has 5 aromatic rings. The van der Waals surface area contributed by atoms with Crippen LogP contribution in [0.4, 0.5) is 5.13 Å². The van der Waals surface area contributed by atoms with Crippen molar-refractivity contribution in [3.05, 3.63) is 89.4 Å². The van der Waals surface area contributed by atoms with Crippen LogP contribution in [0.3, 0.4) is 0 Å². The lowest BCUT2D eigenvalue weighted by Gasteiger charge is -2.25. The summed E-state index contributed by atoms with van der Waals surface area (Å²) < 4.78 is 23.1. The highest BCUT2D eigenvalue weighted by Crippen LogP contribution is 2.46. The van der Waals surface area contributed by atoms with Crippen LogP contribution >= 0.6 is 11.3 Å². The van der Waals surface area contributed by atoms with Gasteiger partial charge in [0.15, 0.2) is 28.1 Å². The number of amides is 1. The van der Waals surface area contributed by atoms with E-state index in [1.165, 1.54) is 30.5 Å². The molecule has 10 heteroatoms. The molecule has 6 rings (SSSR count). The predicted octanol–water partition coefficient (Wildman–Crippen LogP) is 6.24. The van der Waals surface area contributed by atoms with Gasteiger partial charge in [0.05, 0.1) is 42.7 Å². The summed E-state index contributed by atoms with van der Waals surface area (Å²) in [4.78, 5) is 33.6. The number of hydrogen-bond acceptors (Lipinski definition) is 9. The van der Waals surface area contributed by atoms with Crippen LogP contribution in [0, 0.1) is 0 Å². The molecule has 0 bridgehead atoms. The Balaban J connectivity index is 1.51. The van der Waals surface area contributed by atoms with Crippen molar-refractivity contribution in [3.63, 3.8) is 0 Å². The molecule has 3 heterocycles. The maximum absolute atomic E-state index is 13.9. The van der Waals surface area contributed by atoms with Crippen LogP contribution < -0.4 is 19.1 Å². The van der Waals surface area contributed by atoms with Gasteiger partial charge in [0, 0.05) is 5.39 Å². The monoisotopic (exact) mass is 556 g/mol. The standard InChI is InChI=1S/C30H24N2O7S/c1-4-38-18-10-11-19-24(15-18)40-30(31-19)32-26(17-9-12-21(36-2)22(14-17)37-3)25(28(34)29(32)35)27(33)23-13-16-7-5-6-8-20(16)39-23/h5-15,26,34H,4H2,1-3H3/t26-/m0/s1. The van der Waals surface area contributed by atoms with E-state index in [9.17, 15) is 14.7 Å². The van der Waals surface area contributed by atoms with E-state index in [4.69, 9.17) is 18.6 Å². The molecule has 3 aromatic carbocycles. The van der Waals surface area contributed by atoms with Gasteiger partial charge in [-0.15, -0.1) is 0 Å². The van der Waals surface area contributed by atoms with Crippen molar-refractivity contribution in [3.8, 4) is 17.2 Å². The number of anilines is 1. The topological polar surface area (TPSA) is 111 Å². The van der Waals surface area contributed by atoms with Crippen LogP contribution in [0.5, 0.6) is 17.2 Å². The second kappa shape index (κ2) is 10.0. The number of aliphatic hydroxyl groups is 1. The lowest BCUT2D eigenvalue weighted by atomic mass is 9.95. The Hall–Kier alpha value is -4.83. The predicted molar refractivity (Wildman–Crippen MR) is 151 cm³/mol. The largest absolute Gasteiger partial charge is 0.503 e. The number of rotatable bonds is 8. The highest BCUT2D eigenvalue weighted by molar-refractivity contribution is 7.22. The summed E-state index contributed by atoms with van der Waals surface area (Å²) >= 11 is 1.26. The first-order valence-corrected chi connectivity index (χ1v) is 13.3. The van der Waals surface area contributed by atoms with Crippen LogP contribution in [0.25, 0.3) is 21.2 Å². The first kappa shape index (κ1) is 25.4. The lowest BCUT2D eigenvalue weighted by Crippen LogP contribution is -2.31. The van der Waals surface area contributed by atoms with E-state index in [2.05, 4.69) is 4.98 Å². The Kier molecular flexibility index (Phi) is 6.39. The molecule has 1 aliphatic heterocycles. The molecular formula is C30H24N2O7S. The molecule has 1 N–H and O–H groups in total. The van der Waals surface area contributed by atoms with E-state index in [1.807, 2.05) is 25.1 Å². The Labute approximate surface area is 232 Å². The highest BCUT2D eigenvalue weighted by Gasteiger charge is 2.47. The number of ketones is 1. The fourth-order valence-corrected chi connectivity index (χ4v) is 5.87. The van der Waals surface area contributed by atoms with Crippen molar-refractivity contribution < 1.29 is 33.3 Å². The molecule has 0 fully saturated rings. The third-order valence-electron chi connectivity index (χ3n) is 6.69. The van der Waals surface area contributed by atoms with Gasteiger partial charge in [-0.25, -0.2) is 4.98 Å². The Bertz CT molecular complexity index is 1790. The zero-order valence-corrected chi connectivity index (χ0v) is 22.7. The molecule has 0 radical (unpaired) electrons. The van der Waals surface area contributed by atoms with E-state index in [1.54, 1.807) is 48.5 Å². The third kappa shape index (κ3) is 4.13. The molecule has 0 spiro atoms. The van der Waals surface area contributed by atoms with Gasteiger partial charge in [0.25, 0.3) is 5.91 Å². The average molecular weight is 557 g/mol. The zero-order valence-electron chi connectivity index (χ0n) is 21.8. The number of carbonyl (C=O) groups is 2. The number of carbonyl (C=O) groups excluding carboxylic acids is 2. The minimum Gasteiger partial charge on any atom is -0.503 e. The number of para-hydroxylation sites is 1. The fraction of sp³-hybridized carbons (Fsp3) is 0.167. The minimum absolute atomic E-state index is 0.00790. The van der Waals surface area contributed by atoms with E-state index < -0.39 is 23.5 Å². The summed E-state index contributed by atoms with van der Waals surface area (Å²) in [6.07, 6.45) is 0. The Morgan fingerprint density at radius 3 is 2.60 bits per heavy atom. The SMILES string of the molecule is CCOc1ccc2nc(N3C(=O)C(O)=C(C(=O)c4cc5ccccc5o4)[C@@H]3c3ccc(OC)c(OC)c3)sc2c1. The van der Waals surface area contributed by atoms with Crippen molar-refractivity contribution in [1.82, 2.24) is 4.98 Å². The molecule has 202 valence electrons. The van der Waals surface area contributed by atoms with E-state index in [-0.39, 0.29) is 11.3 Å². The van der Waals surface area contributed by atoms with Crippen molar-refractivity contribution in [2.75, 3.05) is 25.7 Å². The Morgan fingerprint density at radius 1 is 1.05 bits per heavy atom. The number of fused-ring (bicyclic) bond motifs is 2. The molecule has 2 aromatic heterocycles. The van der Waals surface area contributed by atoms with Gasteiger partial charge in [0.2, 0.25) is 5.78 Å². The number of benzene rings is 3. The summed E-state index contributed by atoms with van der Waals surface area (Å²) in [5, 5.41) is 12.2. The van der Waals surface area contributed by atoms with Crippen molar-refractivity contribution in [2.45, 2.75) is 13.0 Å². The molecule has 1 aliphatic rings. The zero-order chi connectivity index (χ0) is 28.0. The fourth-order valence-electron chi connectivity index (χ4n) is 4.85. The number of methoxy groups -OCH3 is 2. The first-order chi connectivity index (χ1) is 19.4. The number of Topliss-reactive ketones (excluding diaryl/α,β-unsaturated/α-hetero) is 1. The number of thiazole rings is 1. The van der Waals surface area contributed by atoms with Crippen molar-refractivity contribution in [2.24, 2.45) is 0 Å². The maximum atomic E-state index is 13.9. The molecule has 0 unspecified atom stereocenters. The van der Waals surface area contributed by atoms with Crippen LogP contribution in [0.1, 0.15) is 29.1 Å². The van der Waals surface area contributed by atoms with Crippen LogP contribution in [0.15, 0.2) is 82.5 Å². The second-order valence-corrected chi connectivity index (χ2v) is 10.0. The molecule has 0 aliphatic carbocycles. The quantitative estimate of drug-likeness (QED) is 0.224. The maximum Gasteiger partial charge on any atom is 0.296 e. The summed E-state index contributed by atoms with van der Waals surface area (Å²) in [7, 11) is 3.01. The van der Waals surface area contributed by atoms with E-state index in [0.717, 1.165) is 10.1 Å². The van der Waals surface area contributed by atoms with Crippen molar-refractivity contribution >= 4 is 49.3 Å². The molecule has 1 amide bonds. The van der Waals surface area contributed by atoms with Crippen molar-refractivity contribution in [1.29, 1.82) is 0 Å². The lowest BCUT2D eigenvalue weighted by molar-refractivity contribution is -0.117. The van der Waals surface area contributed by atoms with Gasteiger partial charge in [-0.05, 0) is 55.0 Å². The first-order valence-electron chi connectivity index (χ1n) is 12.5. The van der Waals surface area contributed by atoms with E-state index >= 15 is 0 Å². The van der Waals surface area contributed by atoms with Gasteiger partial charge in [-0.3, -0.25) is 14.5 Å². The van der Waals surface area contributed by atoms with Gasteiger partial charge in [-0.2, -0.15) is 0 Å². The number of hydrogen-bond donors (Lipinski definition) is 1. The molecule has 40 heavy (non-hydrogen) atoms. The number of aliphatic hydroxyl groups excluding tert-OH is 1. The molecule has 1 atom stereocenters. The van der Waals surface area contributed by atoms with E-state index in [0.29, 0.717) is 45.7 Å². The summed E-state index contributed by atoms with van der Waals surface area (Å²) in [6.45, 7) is 2.40. The number of aromatic nitrogens is 1. The normalized spacial score (nSPS) is 15.3. The van der Waals surface area contributed by atoms with Gasteiger partial charge in [0.1, 0.15) is 11.3 Å². The van der Waals surface area contributed by atoms with Crippen LogP contribution in [-0.2, 0) is 4.79 Å². The summed E-state index contributed by atoms with van der Waals surface area (Å²) in [5.74, 6) is -0.458. The third-order valence-corrected chi connectivity index (χ3v) is 7.71. The Morgan fingerprint density at radius 2 is 1.85 bits per heavy atom. The smallest absolute Gasteiger partial charge is 0.296 e. The average Bonchev–Trinajstić information content (AvgIpc) is 3.66. The number of ether oxygens (including phenoxy) is 3. The highest BCUT2D eigenvalue weighted by atomic mass is 32.1. The number of furan rings is 1. The van der Waals surface area contributed by atoms with Crippen LogP contribution in [-0.4, -0.2) is 42.6 Å². The molecule has 0 saturated heterocycles.